The highest BCUT2D eigenvalue weighted by Gasteiger charge is 2.31. The Bertz CT molecular complexity index is 996. The Hall–Kier alpha value is -2.18. The van der Waals surface area contributed by atoms with E-state index in [1.807, 2.05) is 43.0 Å². The molecule has 4 rings (SSSR count). The fraction of sp³-hybridized carbons (Fsp3) is 0.409. The molecule has 1 aliphatic rings. The van der Waals surface area contributed by atoms with Crippen LogP contribution in [0.4, 0.5) is 0 Å². The predicted octanol–water partition coefficient (Wildman–Crippen LogP) is 5.29. The summed E-state index contributed by atoms with van der Waals surface area (Å²) >= 11 is 7.56. The first-order chi connectivity index (χ1) is 14.0. The summed E-state index contributed by atoms with van der Waals surface area (Å²) in [5.74, 6) is 1.56. The number of aromatic nitrogens is 2. The summed E-state index contributed by atoms with van der Waals surface area (Å²) in [4.78, 5) is 25.0. The fourth-order valence-corrected chi connectivity index (χ4v) is 4.88. The van der Waals surface area contributed by atoms with Crippen molar-refractivity contribution >= 4 is 28.8 Å². The molecule has 5 nitrogen and oxygen atoms in total. The third-order valence-electron chi connectivity index (χ3n) is 5.28. The highest BCUT2D eigenvalue weighted by atomic mass is 35.5. The van der Waals surface area contributed by atoms with E-state index >= 15 is 0 Å². The number of halogens is 1. The van der Waals surface area contributed by atoms with Crippen molar-refractivity contribution < 1.29 is 9.21 Å². The van der Waals surface area contributed by atoms with E-state index in [-0.39, 0.29) is 11.9 Å². The third kappa shape index (κ3) is 4.70. The van der Waals surface area contributed by atoms with Crippen LogP contribution in [-0.2, 0) is 17.6 Å². The Kier molecular flexibility index (Phi) is 6.01. The second kappa shape index (κ2) is 8.67. The van der Waals surface area contributed by atoms with Crippen molar-refractivity contribution in [1.29, 1.82) is 0 Å². The van der Waals surface area contributed by atoms with Crippen LogP contribution in [-0.4, -0.2) is 27.3 Å². The molecule has 0 aliphatic carbocycles. The van der Waals surface area contributed by atoms with Crippen LogP contribution in [0.25, 0.3) is 0 Å². The number of benzene rings is 1. The molecule has 7 heteroatoms. The lowest BCUT2D eigenvalue weighted by atomic mass is 10.0. The van der Waals surface area contributed by atoms with E-state index in [2.05, 4.69) is 9.97 Å². The number of thiazole rings is 1. The molecule has 1 fully saturated rings. The van der Waals surface area contributed by atoms with Crippen molar-refractivity contribution in [2.75, 3.05) is 6.54 Å². The summed E-state index contributed by atoms with van der Waals surface area (Å²) in [6.45, 7) is 4.69. The van der Waals surface area contributed by atoms with E-state index in [0.717, 1.165) is 57.7 Å². The lowest BCUT2D eigenvalue weighted by Gasteiger charge is -2.33. The summed E-state index contributed by atoms with van der Waals surface area (Å²) < 4.78 is 6.07. The highest BCUT2D eigenvalue weighted by Crippen LogP contribution is 2.32. The van der Waals surface area contributed by atoms with Crippen LogP contribution in [0.3, 0.4) is 0 Å². The molecule has 29 heavy (non-hydrogen) atoms. The molecule has 0 saturated carbocycles. The van der Waals surface area contributed by atoms with Crippen molar-refractivity contribution in [2.45, 2.75) is 52.0 Å². The van der Waals surface area contributed by atoms with Gasteiger partial charge in [0.1, 0.15) is 11.8 Å². The van der Waals surface area contributed by atoms with Crippen LogP contribution in [0.15, 0.2) is 34.9 Å². The average Bonchev–Trinajstić information content (AvgIpc) is 3.29. The number of hydrogen-bond acceptors (Lipinski definition) is 5. The van der Waals surface area contributed by atoms with Crippen molar-refractivity contribution in [3.63, 3.8) is 0 Å². The summed E-state index contributed by atoms with van der Waals surface area (Å²) in [5.41, 5.74) is 2.07. The Morgan fingerprint density at radius 1 is 1.28 bits per heavy atom. The lowest BCUT2D eigenvalue weighted by Crippen LogP contribution is -2.39. The van der Waals surface area contributed by atoms with Crippen LogP contribution in [0, 0.1) is 13.8 Å². The van der Waals surface area contributed by atoms with Gasteiger partial charge in [-0.3, -0.25) is 4.79 Å². The number of hydrogen-bond donors (Lipinski definition) is 0. The zero-order chi connectivity index (χ0) is 20.4. The molecule has 1 unspecified atom stereocenters. The maximum absolute atomic E-state index is 13.1. The number of piperidine rings is 1. The minimum Gasteiger partial charge on any atom is -0.443 e. The van der Waals surface area contributed by atoms with Gasteiger partial charge < -0.3 is 9.32 Å². The van der Waals surface area contributed by atoms with Crippen molar-refractivity contribution in [1.82, 2.24) is 14.9 Å². The number of carbonyl (C=O) groups is 1. The maximum Gasteiger partial charge on any atom is 0.228 e. The van der Waals surface area contributed by atoms with Crippen LogP contribution in [0.2, 0.25) is 5.02 Å². The van der Waals surface area contributed by atoms with Gasteiger partial charge in [0, 0.05) is 22.9 Å². The van der Waals surface area contributed by atoms with Gasteiger partial charge in [0.15, 0.2) is 0 Å². The average molecular weight is 430 g/mol. The number of nitrogens with zero attached hydrogens (tertiary/aromatic N) is 3. The van der Waals surface area contributed by atoms with E-state index in [1.165, 1.54) is 0 Å². The SMILES string of the molecule is Cc1nc(C)c(CC(=O)N2CCCCC2c2ncc(Cc3ccc(Cl)cc3)o2)s1. The Morgan fingerprint density at radius 3 is 2.79 bits per heavy atom. The summed E-state index contributed by atoms with van der Waals surface area (Å²) in [6.07, 6.45) is 5.80. The quantitative estimate of drug-likeness (QED) is 0.553. The molecule has 1 aliphatic heterocycles. The van der Waals surface area contributed by atoms with E-state index in [1.54, 1.807) is 17.5 Å². The van der Waals surface area contributed by atoms with Crippen molar-refractivity contribution in [3.8, 4) is 0 Å². The van der Waals surface area contributed by atoms with Crippen LogP contribution in [0.1, 0.15) is 58.1 Å². The van der Waals surface area contributed by atoms with Crippen LogP contribution in [0.5, 0.6) is 0 Å². The lowest BCUT2D eigenvalue weighted by molar-refractivity contribution is -0.134. The molecular weight excluding hydrogens is 406 g/mol. The minimum atomic E-state index is -0.0930. The molecule has 1 aromatic carbocycles. The third-order valence-corrected chi connectivity index (χ3v) is 6.61. The highest BCUT2D eigenvalue weighted by molar-refractivity contribution is 7.11. The molecule has 1 atom stereocenters. The first kappa shape index (κ1) is 20.1. The van der Waals surface area contributed by atoms with E-state index < -0.39 is 0 Å². The number of oxazole rings is 1. The van der Waals surface area contributed by atoms with Gasteiger partial charge in [0.2, 0.25) is 11.8 Å². The molecule has 0 bridgehead atoms. The molecule has 3 heterocycles. The zero-order valence-electron chi connectivity index (χ0n) is 16.7. The molecule has 2 aromatic heterocycles. The number of amides is 1. The largest absolute Gasteiger partial charge is 0.443 e. The van der Waals surface area contributed by atoms with E-state index in [0.29, 0.717) is 18.7 Å². The molecule has 152 valence electrons. The molecular formula is C22H24ClN3O2S. The van der Waals surface area contributed by atoms with Crippen molar-refractivity contribution in [3.05, 3.63) is 68.3 Å². The molecule has 0 spiro atoms. The second-order valence-electron chi connectivity index (χ2n) is 7.49. The van der Waals surface area contributed by atoms with Gasteiger partial charge >= 0.3 is 0 Å². The van der Waals surface area contributed by atoms with Gasteiger partial charge in [-0.25, -0.2) is 9.97 Å². The first-order valence-corrected chi connectivity index (χ1v) is 11.1. The summed E-state index contributed by atoms with van der Waals surface area (Å²) in [5, 5.41) is 1.72. The van der Waals surface area contributed by atoms with Crippen LogP contribution >= 0.6 is 22.9 Å². The van der Waals surface area contributed by atoms with Crippen LogP contribution < -0.4 is 0 Å². The topological polar surface area (TPSA) is 59.2 Å². The number of aryl methyl sites for hydroxylation is 2. The predicted molar refractivity (Wildman–Crippen MR) is 114 cm³/mol. The Labute approximate surface area is 179 Å². The second-order valence-corrected chi connectivity index (χ2v) is 9.21. The normalized spacial score (nSPS) is 16.9. The molecule has 1 amide bonds. The molecule has 3 aromatic rings. The standard InChI is InChI=1S/C22H24ClN3O2S/c1-14-20(29-15(2)25-14)12-21(27)26-10-4-3-5-19(26)22-24-13-18(28-22)11-16-6-8-17(23)9-7-16/h6-9,13,19H,3-5,10-12H2,1-2H3. The van der Waals surface area contributed by atoms with E-state index in [4.69, 9.17) is 16.0 Å². The van der Waals surface area contributed by atoms with E-state index in [9.17, 15) is 4.79 Å². The number of likely N-dealkylation sites (tertiary alicyclic amines) is 1. The minimum absolute atomic E-state index is 0.0930. The summed E-state index contributed by atoms with van der Waals surface area (Å²) in [7, 11) is 0. The van der Waals surface area contributed by atoms with Gasteiger partial charge in [-0.05, 0) is 50.8 Å². The number of carbonyl (C=O) groups excluding carboxylic acids is 1. The fourth-order valence-electron chi connectivity index (χ4n) is 3.83. The van der Waals surface area contributed by atoms with Crippen molar-refractivity contribution in [2.24, 2.45) is 0 Å². The molecule has 0 N–H and O–H groups in total. The Balaban J connectivity index is 1.48. The number of rotatable bonds is 5. The molecule has 1 saturated heterocycles. The first-order valence-electron chi connectivity index (χ1n) is 9.91. The van der Waals surface area contributed by atoms with Gasteiger partial charge in [0.25, 0.3) is 0 Å². The van der Waals surface area contributed by atoms with Gasteiger partial charge in [0.05, 0.1) is 23.3 Å². The summed E-state index contributed by atoms with van der Waals surface area (Å²) in [6, 6.07) is 7.63. The zero-order valence-corrected chi connectivity index (χ0v) is 18.2. The molecule has 0 radical (unpaired) electrons. The smallest absolute Gasteiger partial charge is 0.228 e. The monoisotopic (exact) mass is 429 g/mol. The maximum atomic E-state index is 13.1. The van der Waals surface area contributed by atoms with Gasteiger partial charge in [-0.15, -0.1) is 11.3 Å². The Morgan fingerprint density at radius 2 is 2.07 bits per heavy atom. The van der Waals surface area contributed by atoms with Gasteiger partial charge in [-0.1, -0.05) is 23.7 Å². The van der Waals surface area contributed by atoms with Gasteiger partial charge in [-0.2, -0.15) is 0 Å².